The van der Waals surface area contributed by atoms with Crippen LogP contribution in [0.5, 0.6) is 0 Å². The van der Waals surface area contributed by atoms with Gasteiger partial charge in [-0.15, -0.1) is 0 Å². The van der Waals surface area contributed by atoms with Gasteiger partial charge in [-0.3, -0.25) is 20.9 Å². The molecule has 0 fully saturated rings. The first-order valence-electron chi connectivity index (χ1n) is 6.55. The summed E-state index contributed by atoms with van der Waals surface area (Å²) in [5.41, 5.74) is 7.25. The van der Waals surface area contributed by atoms with Crippen LogP contribution in [0.25, 0.3) is 0 Å². The van der Waals surface area contributed by atoms with Crippen LogP contribution in [-0.4, -0.2) is 14.8 Å². The Bertz CT molecular complexity index is 526. The molecule has 0 spiro atoms. The highest BCUT2D eigenvalue weighted by Crippen LogP contribution is 2.19. The van der Waals surface area contributed by atoms with Gasteiger partial charge in [0.25, 0.3) is 0 Å². The minimum absolute atomic E-state index is 0.0786. The van der Waals surface area contributed by atoms with Crippen molar-refractivity contribution in [3.63, 3.8) is 0 Å². The molecular weight excluding hydrogens is 238 g/mol. The zero-order valence-electron chi connectivity index (χ0n) is 11.7. The Kier molecular flexibility index (Phi) is 4.29. The predicted octanol–water partition coefficient (Wildman–Crippen LogP) is 1.66. The number of pyridine rings is 1. The first-order chi connectivity index (χ1) is 9.12. The Hall–Kier alpha value is -1.72. The van der Waals surface area contributed by atoms with Crippen LogP contribution in [0.2, 0.25) is 0 Å². The highest BCUT2D eigenvalue weighted by molar-refractivity contribution is 5.25. The molecule has 0 bridgehead atoms. The third-order valence-electron chi connectivity index (χ3n) is 3.16. The quantitative estimate of drug-likeness (QED) is 0.633. The van der Waals surface area contributed by atoms with Gasteiger partial charge in [0.2, 0.25) is 0 Å². The van der Waals surface area contributed by atoms with Gasteiger partial charge >= 0.3 is 0 Å². The van der Waals surface area contributed by atoms with E-state index in [2.05, 4.69) is 40.8 Å². The number of hydrazine groups is 1. The Labute approximate surface area is 113 Å². The smallest absolute Gasteiger partial charge is 0.0522 e. The fourth-order valence-electron chi connectivity index (χ4n) is 2.26. The standard InChI is InChI=1S/C14H21N5/c1-4-19-9-12(8-16-19)7-14(18-15)13-5-10(2)17-11(3)6-13/h5-6,8-9,14,18H,4,7,15H2,1-3H3. The summed E-state index contributed by atoms with van der Waals surface area (Å²) >= 11 is 0. The van der Waals surface area contributed by atoms with E-state index in [9.17, 15) is 0 Å². The molecule has 0 aromatic carbocycles. The number of nitrogens with two attached hydrogens (primary N) is 1. The van der Waals surface area contributed by atoms with Crippen LogP contribution in [0.15, 0.2) is 24.5 Å². The molecule has 2 heterocycles. The molecular formula is C14H21N5. The summed E-state index contributed by atoms with van der Waals surface area (Å²) in [5.74, 6) is 5.69. The van der Waals surface area contributed by atoms with E-state index < -0.39 is 0 Å². The molecule has 0 aliphatic rings. The average Bonchev–Trinajstić information content (AvgIpc) is 2.82. The third-order valence-corrected chi connectivity index (χ3v) is 3.16. The molecule has 5 heteroatoms. The molecule has 0 aliphatic carbocycles. The van der Waals surface area contributed by atoms with Crippen molar-refractivity contribution in [3.8, 4) is 0 Å². The Balaban J connectivity index is 2.19. The van der Waals surface area contributed by atoms with Crippen molar-refractivity contribution < 1.29 is 0 Å². The monoisotopic (exact) mass is 259 g/mol. The molecule has 0 aliphatic heterocycles. The molecule has 1 unspecified atom stereocenters. The van der Waals surface area contributed by atoms with E-state index in [1.54, 1.807) is 0 Å². The maximum Gasteiger partial charge on any atom is 0.0522 e. The lowest BCUT2D eigenvalue weighted by Crippen LogP contribution is -2.29. The topological polar surface area (TPSA) is 68.8 Å². The van der Waals surface area contributed by atoms with Gasteiger partial charge in [0.05, 0.1) is 12.2 Å². The van der Waals surface area contributed by atoms with E-state index in [4.69, 9.17) is 5.84 Å². The summed E-state index contributed by atoms with van der Waals surface area (Å²) in [6, 6.07) is 4.22. The van der Waals surface area contributed by atoms with E-state index in [0.717, 1.165) is 29.9 Å². The van der Waals surface area contributed by atoms with Gasteiger partial charge < -0.3 is 0 Å². The molecule has 0 saturated heterocycles. The summed E-state index contributed by atoms with van der Waals surface area (Å²) in [5, 5.41) is 4.29. The van der Waals surface area contributed by atoms with Gasteiger partial charge in [-0.05, 0) is 50.5 Å². The lowest BCUT2D eigenvalue weighted by atomic mass is 10.0. The fraction of sp³-hybridized carbons (Fsp3) is 0.429. The lowest BCUT2D eigenvalue weighted by molar-refractivity contribution is 0.550. The highest BCUT2D eigenvalue weighted by Gasteiger charge is 2.13. The predicted molar refractivity (Wildman–Crippen MR) is 75.4 cm³/mol. The van der Waals surface area contributed by atoms with Crippen LogP contribution in [-0.2, 0) is 13.0 Å². The Morgan fingerprint density at radius 1 is 1.32 bits per heavy atom. The molecule has 1 atom stereocenters. The van der Waals surface area contributed by atoms with Crippen LogP contribution >= 0.6 is 0 Å². The number of nitrogens with one attached hydrogen (secondary N) is 1. The molecule has 5 nitrogen and oxygen atoms in total. The van der Waals surface area contributed by atoms with Crippen molar-refractivity contribution in [2.75, 3.05) is 0 Å². The molecule has 0 radical (unpaired) electrons. The number of rotatable bonds is 5. The van der Waals surface area contributed by atoms with Crippen LogP contribution in [0, 0.1) is 13.8 Å². The van der Waals surface area contributed by atoms with Crippen molar-refractivity contribution in [2.45, 2.75) is 39.8 Å². The minimum atomic E-state index is 0.0786. The number of aromatic nitrogens is 3. The molecule has 2 aromatic heterocycles. The molecule has 0 amide bonds. The normalized spacial score (nSPS) is 12.6. The van der Waals surface area contributed by atoms with Gasteiger partial charge in [0, 0.05) is 24.1 Å². The highest BCUT2D eigenvalue weighted by atomic mass is 15.3. The SMILES string of the molecule is CCn1cc(CC(NN)c2cc(C)nc(C)c2)cn1. The number of nitrogens with zero attached hydrogens (tertiary/aromatic N) is 3. The second-order valence-electron chi connectivity index (χ2n) is 4.81. The molecule has 2 aromatic rings. The van der Waals surface area contributed by atoms with Crippen LogP contribution in [0.4, 0.5) is 0 Å². The largest absolute Gasteiger partial charge is 0.273 e. The number of hydrogen-bond donors (Lipinski definition) is 2. The van der Waals surface area contributed by atoms with Crippen LogP contribution in [0.1, 0.15) is 35.5 Å². The van der Waals surface area contributed by atoms with Crippen LogP contribution in [0.3, 0.4) is 0 Å². The van der Waals surface area contributed by atoms with Crippen molar-refractivity contribution in [1.29, 1.82) is 0 Å². The van der Waals surface area contributed by atoms with Crippen molar-refractivity contribution in [2.24, 2.45) is 5.84 Å². The van der Waals surface area contributed by atoms with Gasteiger partial charge in [-0.25, -0.2) is 0 Å². The number of aryl methyl sites for hydroxylation is 3. The van der Waals surface area contributed by atoms with E-state index >= 15 is 0 Å². The summed E-state index contributed by atoms with van der Waals surface area (Å²) in [7, 11) is 0. The molecule has 0 saturated carbocycles. The summed E-state index contributed by atoms with van der Waals surface area (Å²) in [4.78, 5) is 4.39. The van der Waals surface area contributed by atoms with E-state index in [-0.39, 0.29) is 6.04 Å². The average molecular weight is 259 g/mol. The van der Waals surface area contributed by atoms with Crippen LogP contribution < -0.4 is 11.3 Å². The summed E-state index contributed by atoms with van der Waals surface area (Å²) in [6.45, 7) is 6.96. The first kappa shape index (κ1) is 13.7. The zero-order chi connectivity index (χ0) is 13.8. The molecule has 19 heavy (non-hydrogen) atoms. The van der Waals surface area contributed by atoms with E-state index in [1.165, 1.54) is 5.56 Å². The molecule has 2 rings (SSSR count). The summed E-state index contributed by atoms with van der Waals surface area (Å²) < 4.78 is 1.92. The van der Waals surface area contributed by atoms with Gasteiger partial charge in [0.15, 0.2) is 0 Å². The van der Waals surface area contributed by atoms with Crippen molar-refractivity contribution in [1.82, 2.24) is 20.2 Å². The first-order valence-corrected chi connectivity index (χ1v) is 6.55. The second kappa shape index (κ2) is 5.95. The minimum Gasteiger partial charge on any atom is -0.273 e. The van der Waals surface area contributed by atoms with Crippen molar-refractivity contribution >= 4 is 0 Å². The Morgan fingerprint density at radius 3 is 2.53 bits per heavy atom. The maximum absolute atomic E-state index is 5.69. The maximum atomic E-state index is 5.69. The molecule has 3 N–H and O–H groups in total. The summed E-state index contributed by atoms with van der Waals surface area (Å²) in [6.07, 6.45) is 4.78. The molecule has 102 valence electrons. The van der Waals surface area contributed by atoms with Gasteiger partial charge in [0.1, 0.15) is 0 Å². The zero-order valence-corrected chi connectivity index (χ0v) is 11.7. The van der Waals surface area contributed by atoms with Gasteiger partial charge in [-0.1, -0.05) is 0 Å². The fourth-order valence-corrected chi connectivity index (χ4v) is 2.26. The van der Waals surface area contributed by atoms with Gasteiger partial charge in [-0.2, -0.15) is 5.10 Å². The second-order valence-corrected chi connectivity index (χ2v) is 4.81. The van der Waals surface area contributed by atoms with E-state index in [1.807, 2.05) is 24.7 Å². The number of hydrogen-bond acceptors (Lipinski definition) is 4. The van der Waals surface area contributed by atoms with Crippen molar-refractivity contribution in [3.05, 3.63) is 47.0 Å². The lowest BCUT2D eigenvalue weighted by Gasteiger charge is -2.16. The third kappa shape index (κ3) is 3.39. The van der Waals surface area contributed by atoms with E-state index in [0.29, 0.717) is 0 Å². The Morgan fingerprint density at radius 2 is 2.00 bits per heavy atom.